The van der Waals surface area contributed by atoms with Crippen LogP contribution in [0.4, 0.5) is 0 Å². The number of hydrogen-bond donors (Lipinski definition) is 2. The molecule has 0 aliphatic rings. The number of aliphatic hydroxyl groups is 1. The molecule has 0 aromatic rings. The first kappa shape index (κ1) is 17.4. The zero-order valence-corrected chi connectivity index (χ0v) is 12.5. The van der Waals surface area contributed by atoms with E-state index in [4.69, 9.17) is 5.26 Å². The summed E-state index contributed by atoms with van der Waals surface area (Å²) in [5, 5.41) is 18.4. The molecule has 4 nitrogen and oxygen atoms in total. The first-order valence-corrected chi connectivity index (χ1v) is 6.68. The zero-order valence-electron chi connectivity index (χ0n) is 12.5. The van der Waals surface area contributed by atoms with Crippen LogP contribution in [0.15, 0.2) is 0 Å². The van der Waals surface area contributed by atoms with Gasteiger partial charge in [0, 0.05) is 0 Å². The van der Waals surface area contributed by atoms with E-state index in [9.17, 15) is 9.90 Å². The van der Waals surface area contributed by atoms with Gasteiger partial charge < -0.3 is 9.99 Å². The van der Waals surface area contributed by atoms with Crippen molar-refractivity contribution in [1.82, 2.24) is 0 Å². The molecule has 0 spiro atoms. The average Bonchev–Trinajstić information content (AvgIpc) is 2.25. The maximum Gasteiger partial charge on any atom is 0.346 e. The van der Waals surface area contributed by atoms with Crippen molar-refractivity contribution < 1.29 is 20.0 Å². The van der Waals surface area contributed by atoms with Crippen molar-refractivity contribution in [3.05, 3.63) is 0 Å². The van der Waals surface area contributed by atoms with E-state index < -0.39 is 18.0 Å². The molecule has 2 atom stereocenters. The van der Waals surface area contributed by atoms with Crippen LogP contribution in [0.25, 0.3) is 0 Å². The fourth-order valence-electron chi connectivity index (χ4n) is 3.23. The van der Waals surface area contributed by atoms with Crippen molar-refractivity contribution >= 4 is 5.97 Å². The molecule has 4 heteroatoms. The summed E-state index contributed by atoms with van der Waals surface area (Å²) in [6.45, 7) is 11.6. The number of rotatable bonds is 6. The number of carbonyl (C=O) groups is 1. The van der Waals surface area contributed by atoms with Gasteiger partial charge in [0.15, 0.2) is 0 Å². The lowest BCUT2D eigenvalue weighted by Crippen LogP contribution is -2.45. The van der Waals surface area contributed by atoms with Gasteiger partial charge in [-0.3, -0.25) is 0 Å². The molecule has 0 aromatic carbocycles. The van der Waals surface area contributed by atoms with Crippen LogP contribution < -0.4 is 0 Å². The molecule has 0 aliphatic carbocycles. The van der Waals surface area contributed by atoms with E-state index in [1.54, 1.807) is 6.92 Å². The molecule has 0 fully saturated rings. The second-order valence-electron chi connectivity index (χ2n) is 6.33. The maximum absolute atomic E-state index is 12.0. The summed E-state index contributed by atoms with van der Waals surface area (Å²) in [7, 11) is 0. The van der Waals surface area contributed by atoms with Crippen molar-refractivity contribution in [2.45, 2.75) is 66.9 Å². The van der Waals surface area contributed by atoms with Gasteiger partial charge >= 0.3 is 5.97 Å². The molecule has 18 heavy (non-hydrogen) atoms. The minimum absolute atomic E-state index is 0.333. The average molecular weight is 260 g/mol. The molecule has 0 aliphatic heterocycles. The topological polar surface area (TPSA) is 66.8 Å². The first-order chi connectivity index (χ1) is 8.14. The highest BCUT2D eigenvalue weighted by Crippen LogP contribution is 2.48. The van der Waals surface area contributed by atoms with Crippen LogP contribution in [0.2, 0.25) is 0 Å². The van der Waals surface area contributed by atoms with E-state index in [2.05, 4.69) is 4.89 Å². The predicted octanol–water partition coefficient (Wildman–Crippen LogP) is 3.24. The molecule has 0 bridgehead atoms. The third-order valence-corrected chi connectivity index (χ3v) is 3.91. The fourth-order valence-corrected chi connectivity index (χ4v) is 3.23. The Morgan fingerprint density at radius 3 is 1.89 bits per heavy atom. The van der Waals surface area contributed by atoms with Gasteiger partial charge in [0.2, 0.25) is 0 Å². The van der Waals surface area contributed by atoms with Crippen LogP contribution in [0.5, 0.6) is 0 Å². The van der Waals surface area contributed by atoms with Gasteiger partial charge in [0.1, 0.15) is 0 Å². The Hall–Kier alpha value is -0.610. The fraction of sp³-hybridized carbons (Fsp3) is 0.929. The van der Waals surface area contributed by atoms with Crippen LogP contribution in [-0.4, -0.2) is 22.4 Å². The monoisotopic (exact) mass is 260 g/mol. The summed E-state index contributed by atoms with van der Waals surface area (Å²) in [5.41, 5.74) is -0.688. The highest BCUT2D eigenvalue weighted by atomic mass is 17.1. The van der Waals surface area contributed by atoms with E-state index in [1.807, 2.05) is 34.6 Å². The third-order valence-electron chi connectivity index (χ3n) is 3.91. The van der Waals surface area contributed by atoms with Gasteiger partial charge in [-0.15, -0.1) is 0 Å². The molecule has 2 unspecified atom stereocenters. The predicted molar refractivity (Wildman–Crippen MR) is 71.0 cm³/mol. The van der Waals surface area contributed by atoms with Crippen molar-refractivity contribution in [2.75, 3.05) is 0 Å². The van der Waals surface area contributed by atoms with Crippen LogP contribution in [0.3, 0.4) is 0 Å². The highest BCUT2D eigenvalue weighted by molar-refractivity contribution is 5.73. The van der Waals surface area contributed by atoms with E-state index in [-0.39, 0.29) is 10.8 Å². The zero-order chi connectivity index (χ0) is 14.6. The van der Waals surface area contributed by atoms with Gasteiger partial charge in [-0.05, 0) is 37.0 Å². The third kappa shape index (κ3) is 3.95. The van der Waals surface area contributed by atoms with Gasteiger partial charge in [0.05, 0.1) is 12.0 Å². The Labute approximate surface area is 110 Å². The molecule has 0 saturated heterocycles. The largest absolute Gasteiger partial charge is 0.393 e. The lowest BCUT2D eigenvalue weighted by molar-refractivity contribution is -0.248. The molecule has 108 valence electrons. The maximum atomic E-state index is 12.0. The van der Waals surface area contributed by atoms with E-state index in [1.165, 1.54) is 0 Å². The summed E-state index contributed by atoms with van der Waals surface area (Å²) in [4.78, 5) is 16.0. The lowest BCUT2D eigenvalue weighted by Gasteiger charge is -2.45. The normalized spacial score (nSPS) is 16.2. The van der Waals surface area contributed by atoms with Crippen molar-refractivity contribution in [3.63, 3.8) is 0 Å². The van der Waals surface area contributed by atoms with Crippen molar-refractivity contribution in [3.8, 4) is 0 Å². The number of hydrogen-bond acceptors (Lipinski definition) is 4. The Morgan fingerprint density at radius 1 is 1.22 bits per heavy atom. The summed E-state index contributed by atoms with van der Waals surface area (Å²) >= 11 is 0. The minimum atomic E-state index is -0.605. The Kier molecular flexibility index (Phi) is 6.30. The van der Waals surface area contributed by atoms with Gasteiger partial charge in [-0.1, -0.05) is 34.6 Å². The van der Waals surface area contributed by atoms with Gasteiger partial charge in [-0.2, -0.15) is 5.26 Å². The standard InChI is InChI=1S/C14H28O4/c1-7-14(8-2,9-10(3)15)11(12(16)18-17)13(4,5)6/h10-11,15,17H,7-9H2,1-6H3. The second-order valence-corrected chi connectivity index (χ2v) is 6.33. The highest BCUT2D eigenvalue weighted by Gasteiger charge is 2.48. The quantitative estimate of drug-likeness (QED) is 0.568. The molecule has 0 saturated carbocycles. The number of carbonyl (C=O) groups excluding carboxylic acids is 1. The molecule has 0 rings (SSSR count). The van der Waals surface area contributed by atoms with E-state index in [0.29, 0.717) is 6.42 Å². The summed E-state index contributed by atoms with van der Waals surface area (Å²) in [5.74, 6) is -1.05. The van der Waals surface area contributed by atoms with Crippen LogP contribution >= 0.6 is 0 Å². The molecule has 0 radical (unpaired) electrons. The molecule has 0 aromatic heterocycles. The molecular formula is C14H28O4. The lowest BCUT2D eigenvalue weighted by atomic mass is 9.59. The smallest absolute Gasteiger partial charge is 0.346 e. The second kappa shape index (κ2) is 6.53. The van der Waals surface area contributed by atoms with Crippen LogP contribution in [-0.2, 0) is 9.68 Å². The minimum Gasteiger partial charge on any atom is -0.393 e. The van der Waals surface area contributed by atoms with Crippen molar-refractivity contribution in [2.24, 2.45) is 16.7 Å². The summed E-state index contributed by atoms with van der Waals surface area (Å²) in [6, 6.07) is 0. The van der Waals surface area contributed by atoms with Crippen LogP contribution in [0, 0.1) is 16.7 Å². The Bertz CT molecular complexity index is 261. The van der Waals surface area contributed by atoms with Crippen molar-refractivity contribution in [1.29, 1.82) is 0 Å². The molecule has 0 amide bonds. The molecule has 2 N–H and O–H groups in total. The summed E-state index contributed by atoms with van der Waals surface area (Å²) in [6.07, 6.45) is 1.55. The van der Waals surface area contributed by atoms with Crippen LogP contribution in [0.1, 0.15) is 60.8 Å². The Morgan fingerprint density at radius 2 is 1.67 bits per heavy atom. The van der Waals surface area contributed by atoms with Gasteiger partial charge in [0.25, 0.3) is 0 Å². The Balaban J connectivity index is 5.55. The first-order valence-electron chi connectivity index (χ1n) is 6.68. The SMILES string of the molecule is CCC(CC)(CC(C)O)C(C(=O)OO)C(C)(C)C. The van der Waals surface area contributed by atoms with E-state index in [0.717, 1.165) is 12.8 Å². The molecule has 0 heterocycles. The number of aliphatic hydroxyl groups excluding tert-OH is 1. The molecular weight excluding hydrogens is 232 g/mol. The van der Waals surface area contributed by atoms with Gasteiger partial charge in [-0.25, -0.2) is 4.79 Å². The van der Waals surface area contributed by atoms with E-state index >= 15 is 0 Å². The summed E-state index contributed by atoms with van der Waals surface area (Å²) < 4.78 is 0.